The van der Waals surface area contributed by atoms with Crippen LogP contribution in [0.15, 0.2) is 113 Å². The molecule has 0 heterocycles. The molecule has 1 amide bonds. The molecule has 1 N–H and O–H groups in total. The van der Waals surface area contributed by atoms with Crippen LogP contribution >= 0.6 is 23.4 Å². The molecular formula is C28H25ClN2O4S2. The number of amides is 1. The predicted octanol–water partition coefficient (Wildman–Crippen LogP) is 6.47. The highest BCUT2D eigenvalue weighted by atomic mass is 35.5. The summed E-state index contributed by atoms with van der Waals surface area (Å²) in [5.74, 6) is 0.150. The fraction of sp³-hybridized carbons (Fsp3) is 0.107. The highest BCUT2D eigenvalue weighted by molar-refractivity contribution is 7.99. The fourth-order valence-corrected chi connectivity index (χ4v) is 5.41. The number of benzene rings is 4. The van der Waals surface area contributed by atoms with Crippen molar-refractivity contribution < 1.29 is 17.9 Å². The van der Waals surface area contributed by atoms with Crippen LogP contribution in [0, 0.1) is 0 Å². The van der Waals surface area contributed by atoms with E-state index in [0.29, 0.717) is 22.1 Å². The van der Waals surface area contributed by atoms with Crippen molar-refractivity contribution in [3.63, 3.8) is 0 Å². The molecule has 0 unspecified atom stereocenters. The highest BCUT2D eigenvalue weighted by Gasteiger charge is 2.18. The minimum Gasteiger partial charge on any atom is -0.484 e. The lowest BCUT2D eigenvalue weighted by Gasteiger charge is -2.23. The largest absolute Gasteiger partial charge is 0.484 e. The van der Waals surface area contributed by atoms with Gasteiger partial charge >= 0.3 is 0 Å². The van der Waals surface area contributed by atoms with Crippen molar-refractivity contribution in [2.45, 2.75) is 16.3 Å². The molecule has 9 heteroatoms. The molecule has 4 aromatic carbocycles. The normalized spacial score (nSPS) is 11.1. The second kappa shape index (κ2) is 12.2. The summed E-state index contributed by atoms with van der Waals surface area (Å²) in [4.78, 5) is 14.6. The third-order valence-electron chi connectivity index (χ3n) is 5.27. The van der Waals surface area contributed by atoms with Crippen molar-refractivity contribution in [2.75, 3.05) is 22.5 Å². The van der Waals surface area contributed by atoms with E-state index in [9.17, 15) is 13.2 Å². The molecule has 0 bridgehead atoms. The van der Waals surface area contributed by atoms with Crippen molar-refractivity contribution in [3.05, 3.63) is 114 Å². The maximum absolute atomic E-state index is 12.6. The molecule has 0 fully saturated rings. The van der Waals surface area contributed by atoms with Gasteiger partial charge in [-0.3, -0.25) is 9.10 Å². The highest BCUT2D eigenvalue weighted by Crippen LogP contribution is 2.33. The van der Waals surface area contributed by atoms with Crippen LogP contribution in [0.1, 0.15) is 5.56 Å². The second-order valence-electron chi connectivity index (χ2n) is 8.14. The number of nitrogens with one attached hydrogen (secondary N) is 1. The standard InChI is InChI=1S/C28H25ClN2O4S2/c1-37(33,34)31(19-21-11-13-22(29)14-12-21)23-15-17-24(18-16-23)35-20-28(32)30-26-9-5-6-10-27(26)36-25-7-3-2-4-8-25/h2-18H,19-20H2,1H3,(H,30,32). The number of hydrogen-bond acceptors (Lipinski definition) is 5. The van der Waals surface area contributed by atoms with Gasteiger partial charge in [0.1, 0.15) is 5.75 Å². The number of hydrogen-bond donors (Lipinski definition) is 1. The Morgan fingerprint density at radius 2 is 1.54 bits per heavy atom. The van der Waals surface area contributed by atoms with Crippen LogP contribution in [-0.4, -0.2) is 27.2 Å². The monoisotopic (exact) mass is 552 g/mol. The van der Waals surface area contributed by atoms with Gasteiger partial charge in [0.25, 0.3) is 5.91 Å². The van der Waals surface area contributed by atoms with E-state index in [0.717, 1.165) is 21.6 Å². The smallest absolute Gasteiger partial charge is 0.262 e. The van der Waals surface area contributed by atoms with Gasteiger partial charge < -0.3 is 10.1 Å². The minimum atomic E-state index is -3.53. The van der Waals surface area contributed by atoms with Gasteiger partial charge in [-0.2, -0.15) is 0 Å². The van der Waals surface area contributed by atoms with Crippen LogP contribution in [0.25, 0.3) is 0 Å². The third-order valence-corrected chi connectivity index (χ3v) is 7.74. The molecular weight excluding hydrogens is 528 g/mol. The molecule has 0 aliphatic carbocycles. The van der Waals surface area contributed by atoms with Crippen molar-refractivity contribution >= 4 is 50.7 Å². The van der Waals surface area contributed by atoms with E-state index in [-0.39, 0.29) is 19.1 Å². The Labute approximate surface area is 226 Å². The van der Waals surface area contributed by atoms with Gasteiger partial charge in [-0.15, -0.1) is 0 Å². The predicted molar refractivity (Wildman–Crippen MR) is 150 cm³/mol. The molecule has 0 radical (unpaired) electrons. The van der Waals surface area contributed by atoms with Gasteiger partial charge in [0, 0.05) is 14.8 Å². The van der Waals surface area contributed by atoms with E-state index in [4.69, 9.17) is 16.3 Å². The number of nitrogens with zero attached hydrogens (tertiary/aromatic N) is 1. The van der Waals surface area contributed by atoms with E-state index in [1.807, 2.05) is 54.6 Å². The summed E-state index contributed by atoms with van der Waals surface area (Å²) in [7, 11) is -3.53. The Morgan fingerprint density at radius 1 is 0.892 bits per heavy atom. The molecule has 0 atom stereocenters. The summed E-state index contributed by atoms with van der Waals surface area (Å²) in [5.41, 5.74) is 1.99. The van der Waals surface area contributed by atoms with Crippen LogP contribution in [0.2, 0.25) is 5.02 Å². The van der Waals surface area contributed by atoms with E-state index in [1.54, 1.807) is 60.3 Å². The zero-order valence-corrected chi connectivity index (χ0v) is 22.4. The fourth-order valence-electron chi connectivity index (χ4n) is 3.47. The molecule has 4 rings (SSSR count). The quantitative estimate of drug-likeness (QED) is 0.244. The van der Waals surface area contributed by atoms with Crippen LogP contribution in [0.4, 0.5) is 11.4 Å². The lowest BCUT2D eigenvalue weighted by Crippen LogP contribution is -2.29. The van der Waals surface area contributed by atoms with E-state index >= 15 is 0 Å². The number of anilines is 2. The third kappa shape index (κ3) is 7.76. The lowest BCUT2D eigenvalue weighted by molar-refractivity contribution is -0.118. The van der Waals surface area contributed by atoms with Crippen LogP contribution in [0.5, 0.6) is 5.75 Å². The molecule has 0 saturated carbocycles. The zero-order valence-electron chi connectivity index (χ0n) is 20.0. The Bertz CT molecular complexity index is 1450. The van der Waals surface area contributed by atoms with Gasteiger partial charge in [0.05, 0.1) is 24.2 Å². The number of rotatable bonds is 10. The summed E-state index contributed by atoms with van der Waals surface area (Å²) in [5, 5.41) is 3.48. The molecule has 0 aromatic heterocycles. The van der Waals surface area contributed by atoms with Gasteiger partial charge in [-0.1, -0.05) is 65.8 Å². The number of sulfonamides is 1. The van der Waals surface area contributed by atoms with E-state index < -0.39 is 10.0 Å². The van der Waals surface area contributed by atoms with Gasteiger partial charge in [0.2, 0.25) is 10.0 Å². The summed E-state index contributed by atoms with van der Waals surface area (Å²) in [6.45, 7) is -0.0245. The van der Waals surface area contributed by atoms with Crippen molar-refractivity contribution in [2.24, 2.45) is 0 Å². The molecule has 0 aliphatic heterocycles. The molecule has 0 saturated heterocycles. The van der Waals surface area contributed by atoms with Crippen LogP contribution < -0.4 is 14.4 Å². The number of ether oxygens (including phenoxy) is 1. The Balaban J connectivity index is 1.37. The van der Waals surface area contributed by atoms with Gasteiger partial charge in [-0.25, -0.2) is 8.42 Å². The molecule has 37 heavy (non-hydrogen) atoms. The number of halogens is 1. The summed E-state index contributed by atoms with van der Waals surface area (Å²) < 4.78 is 31.8. The molecule has 0 aliphatic rings. The van der Waals surface area contributed by atoms with Crippen molar-refractivity contribution in [1.82, 2.24) is 0 Å². The average Bonchev–Trinajstić information content (AvgIpc) is 2.89. The Kier molecular flexibility index (Phi) is 8.76. The second-order valence-corrected chi connectivity index (χ2v) is 11.6. The Morgan fingerprint density at radius 3 is 2.22 bits per heavy atom. The first kappa shape index (κ1) is 26.6. The summed E-state index contributed by atoms with van der Waals surface area (Å²) >= 11 is 7.50. The maximum Gasteiger partial charge on any atom is 0.262 e. The Hall–Kier alpha value is -3.46. The molecule has 4 aromatic rings. The maximum atomic E-state index is 12.6. The summed E-state index contributed by atoms with van der Waals surface area (Å²) in [6.07, 6.45) is 1.16. The first-order valence-electron chi connectivity index (χ1n) is 11.3. The average molecular weight is 553 g/mol. The zero-order chi connectivity index (χ0) is 26.3. The van der Waals surface area contributed by atoms with Gasteiger partial charge in [0.15, 0.2) is 6.61 Å². The topological polar surface area (TPSA) is 75.7 Å². The van der Waals surface area contributed by atoms with Crippen molar-refractivity contribution in [1.29, 1.82) is 0 Å². The minimum absolute atomic E-state index is 0.166. The van der Waals surface area contributed by atoms with Gasteiger partial charge in [-0.05, 0) is 66.2 Å². The molecule has 190 valence electrons. The van der Waals surface area contributed by atoms with Crippen LogP contribution in [-0.2, 0) is 21.4 Å². The van der Waals surface area contributed by atoms with Crippen molar-refractivity contribution in [3.8, 4) is 5.75 Å². The van der Waals surface area contributed by atoms with E-state index in [2.05, 4.69) is 5.32 Å². The number of para-hydroxylation sites is 1. The molecule has 0 spiro atoms. The summed E-state index contributed by atoms with van der Waals surface area (Å²) in [6, 6.07) is 31.1. The van der Waals surface area contributed by atoms with Crippen LogP contribution in [0.3, 0.4) is 0 Å². The number of carbonyl (C=O) groups is 1. The lowest BCUT2D eigenvalue weighted by atomic mass is 10.2. The first-order chi connectivity index (χ1) is 17.8. The SMILES string of the molecule is CS(=O)(=O)N(Cc1ccc(Cl)cc1)c1ccc(OCC(=O)Nc2ccccc2Sc2ccccc2)cc1. The molecule has 6 nitrogen and oxygen atoms in total. The van der Waals surface area contributed by atoms with E-state index in [1.165, 1.54) is 4.31 Å². The number of carbonyl (C=O) groups excluding carboxylic acids is 1. The first-order valence-corrected chi connectivity index (χ1v) is 14.4.